The van der Waals surface area contributed by atoms with Crippen LogP contribution in [0.25, 0.3) is 0 Å². The maximum absolute atomic E-state index is 11.2. The largest absolute Gasteiger partial charge is 0.286 e. The quantitative estimate of drug-likeness (QED) is 0.334. The van der Waals surface area contributed by atoms with E-state index in [4.69, 9.17) is 9.11 Å². The second kappa shape index (κ2) is 10.3. The Morgan fingerprint density at radius 3 is 1.34 bits per heavy atom. The van der Waals surface area contributed by atoms with Crippen molar-refractivity contribution >= 4 is 20.2 Å². The lowest BCUT2D eigenvalue weighted by molar-refractivity contribution is -0.700. The van der Waals surface area contributed by atoms with Gasteiger partial charge in [0.1, 0.15) is 0 Å². The van der Waals surface area contributed by atoms with Gasteiger partial charge in [-0.05, 0) is 0 Å². The first kappa shape index (κ1) is 24.0. The third kappa shape index (κ3) is 7.49. The van der Waals surface area contributed by atoms with Crippen LogP contribution in [0.1, 0.15) is 22.5 Å². The van der Waals surface area contributed by atoms with Crippen molar-refractivity contribution in [2.75, 3.05) is 11.5 Å². The minimum atomic E-state index is -4.06. The van der Waals surface area contributed by atoms with Gasteiger partial charge in [-0.2, -0.15) is 26.0 Å². The molecule has 0 unspecified atom stereocenters. The third-order valence-corrected chi connectivity index (χ3v) is 6.54. The highest BCUT2D eigenvalue weighted by Gasteiger charge is 2.19. The fourth-order valence-electron chi connectivity index (χ4n) is 3.49. The highest BCUT2D eigenvalue weighted by atomic mass is 32.2. The van der Waals surface area contributed by atoms with Crippen molar-refractivity contribution in [3.8, 4) is 0 Å². The summed E-state index contributed by atoms with van der Waals surface area (Å²) >= 11 is 0. The van der Waals surface area contributed by atoms with Crippen molar-refractivity contribution in [2.45, 2.75) is 25.9 Å². The molecule has 0 bridgehead atoms. The lowest BCUT2D eigenvalue weighted by Gasteiger charge is -2.09. The zero-order valence-corrected chi connectivity index (χ0v) is 19.0. The molecule has 1 aromatic carbocycles. The molecule has 0 aliphatic heterocycles. The molecule has 3 rings (SSSR count). The van der Waals surface area contributed by atoms with E-state index in [1.165, 1.54) is 0 Å². The van der Waals surface area contributed by atoms with Crippen LogP contribution < -0.4 is 9.13 Å². The summed E-state index contributed by atoms with van der Waals surface area (Å²) in [5, 5.41) is 0. The van der Waals surface area contributed by atoms with Crippen LogP contribution in [0.5, 0.6) is 0 Å². The summed E-state index contributed by atoms with van der Waals surface area (Å²) < 4.78 is 66.8. The number of rotatable bonds is 10. The number of benzene rings is 1. The van der Waals surface area contributed by atoms with E-state index in [0.717, 1.165) is 22.5 Å². The fraction of sp³-hybridized carbons (Fsp3) is 0.273. The molecule has 0 aliphatic carbocycles. The second-order valence-electron chi connectivity index (χ2n) is 7.48. The van der Waals surface area contributed by atoms with Gasteiger partial charge in [0.25, 0.3) is 20.2 Å². The summed E-state index contributed by atoms with van der Waals surface area (Å²) in [7, 11) is -8.12. The molecule has 3 aromatic rings. The van der Waals surface area contributed by atoms with Gasteiger partial charge in [-0.15, -0.1) is 0 Å². The lowest BCUT2D eigenvalue weighted by atomic mass is 10.1. The molecule has 0 aliphatic rings. The van der Waals surface area contributed by atoms with Crippen molar-refractivity contribution in [3.63, 3.8) is 0 Å². The van der Waals surface area contributed by atoms with Crippen molar-refractivity contribution in [1.29, 1.82) is 0 Å². The van der Waals surface area contributed by atoms with E-state index in [-0.39, 0.29) is 24.3 Å². The monoisotopic (exact) mass is 478 g/mol. The first-order valence-corrected chi connectivity index (χ1v) is 13.2. The van der Waals surface area contributed by atoms with Gasteiger partial charge in [0, 0.05) is 48.2 Å². The summed E-state index contributed by atoms with van der Waals surface area (Å²) in [5.74, 6) is -0.703. The highest BCUT2D eigenvalue weighted by molar-refractivity contribution is 7.86. The van der Waals surface area contributed by atoms with Crippen LogP contribution in [0.3, 0.4) is 0 Å². The first-order valence-electron chi connectivity index (χ1n) is 10.0. The first-order chi connectivity index (χ1) is 15.1. The number of aromatic nitrogens is 2. The average molecular weight is 479 g/mol. The Bertz CT molecular complexity index is 1190. The van der Waals surface area contributed by atoms with E-state index in [0.29, 0.717) is 13.1 Å². The van der Waals surface area contributed by atoms with E-state index in [1.807, 2.05) is 82.2 Å². The molecule has 0 saturated heterocycles. The molecular formula is C22H26N2O6S2+2. The maximum atomic E-state index is 11.2. The van der Waals surface area contributed by atoms with Crippen LogP contribution in [0, 0.1) is 0 Å². The van der Waals surface area contributed by atoms with Crippen LogP contribution in [0.15, 0.2) is 73.1 Å². The Hall–Kier alpha value is -2.66. The van der Waals surface area contributed by atoms with E-state index < -0.39 is 20.2 Å². The Morgan fingerprint density at radius 1 is 0.594 bits per heavy atom. The Morgan fingerprint density at radius 2 is 0.969 bits per heavy atom. The normalized spacial score (nSPS) is 12.1. The smallest absolute Gasteiger partial charge is 0.265 e. The summed E-state index contributed by atoms with van der Waals surface area (Å²) in [6.45, 7) is 1.01. The molecule has 0 radical (unpaired) electrons. The van der Waals surface area contributed by atoms with E-state index in [1.54, 1.807) is 0 Å². The van der Waals surface area contributed by atoms with Gasteiger partial charge < -0.3 is 0 Å². The van der Waals surface area contributed by atoms with Gasteiger partial charge in [0.15, 0.2) is 36.9 Å². The Kier molecular flexibility index (Phi) is 7.73. The molecule has 2 heterocycles. The van der Waals surface area contributed by atoms with Crippen LogP contribution in [0.4, 0.5) is 0 Å². The van der Waals surface area contributed by atoms with Crippen molar-refractivity contribution in [1.82, 2.24) is 0 Å². The van der Waals surface area contributed by atoms with E-state index in [2.05, 4.69) is 0 Å². The standard InChI is InChI=1S/C22H24N2O6S2/c25-31(26,27)15-11-21-9-3-5-13-23(21)17-19-7-1-2-8-20(19)18-24-14-6-4-10-22(24)12-16-32(28,29)30/h1-10,13-14H,11-12,15-18H2/p+2. The SMILES string of the molecule is O=S(=O)(O)CCc1cccc[n+]1Cc1ccccc1C[n+]1ccccc1CCS(=O)(=O)O. The molecular weight excluding hydrogens is 452 g/mol. The number of pyridine rings is 2. The molecule has 0 saturated carbocycles. The topological polar surface area (TPSA) is 117 Å². The van der Waals surface area contributed by atoms with Gasteiger partial charge in [-0.3, -0.25) is 9.11 Å². The zero-order chi connectivity index (χ0) is 23.2. The molecule has 0 amide bonds. The Balaban J connectivity index is 1.85. The zero-order valence-electron chi connectivity index (χ0n) is 17.4. The van der Waals surface area contributed by atoms with Crippen LogP contribution in [0.2, 0.25) is 0 Å². The highest BCUT2D eigenvalue weighted by Crippen LogP contribution is 2.10. The summed E-state index contributed by atoms with van der Waals surface area (Å²) in [4.78, 5) is 0. The molecule has 170 valence electrons. The number of hydrogen-bond donors (Lipinski definition) is 2. The summed E-state index contributed by atoms with van der Waals surface area (Å²) in [5.41, 5.74) is 3.60. The predicted octanol–water partition coefficient (Wildman–Crippen LogP) is 1.22. The number of hydrogen-bond acceptors (Lipinski definition) is 4. The van der Waals surface area contributed by atoms with Crippen molar-refractivity contribution < 1.29 is 35.1 Å². The summed E-state index contributed by atoms with van der Waals surface area (Å²) in [6.07, 6.45) is 4.11. The minimum absolute atomic E-state index is 0.190. The molecule has 2 aromatic heterocycles. The molecule has 2 N–H and O–H groups in total. The number of nitrogens with zero attached hydrogens (tertiary/aromatic N) is 2. The lowest BCUT2D eigenvalue weighted by Crippen LogP contribution is -2.42. The van der Waals surface area contributed by atoms with Crippen LogP contribution in [-0.4, -0.2) is 37.4 Å². The Labute approximate surface area is 188 Å². The number of aryl methyl sites for hydroxylation is 2. The van der Waals surface area contributed by atoms with Gasteiger partial charge in [0.05, 0.1) is 11.5 Å². The van der Waals surface area contributed by atoms with Crippen LogP contribution >= 0.6 is 0 Å². The fourth-order valence-corrected chi connectivity index (χ4v) is 4.42. The van der Waals surface area contributed by atoms with Gasteiger partial charge in [-0.25, -0.2) is 0 Å². The molecule has 0 spiro atoms. The van der Waals surface area contributed by atoms with E-state index >= 15 is 0 Å². The van der Waals surface area contributed by atoms with Gasteiger partial charge in [0.2, 0.25) is 0 Å². The third-order valence-electron chi connectivity index (χ3n) is 5.10. The van der Waals surface area contributed by atoms with Crippen molar-refractivity contribution in [2.24, 2.45) is 0 Å². The molecule has 0 atom stereocenters. The van der Waals surface area contributed by atoms with Crippen LogP contribution in [-0.2, 0) is 46.2 Å². The van der Waals surface area contributed by atoms with E-state index in [9.17, 15) is 16.8 Å². The average Bonchev–Trinajstić information content (AvgIpc) is 2.73. The maximum Gasteiger partial charge on any atom is 0.265 e. The van der Waals surface area contributed by atoms with Gasteiger partial charge in [-0.1, -0.05) is 36.4 Å². The minimum Gasteiger partial charge on any atom is -0.286 e. The molecule has 0 fully saturated rings. The second-order valence-corrected chi connectivity index (χ2v) is 10.6. The molecule has 8 nitrogen and oxygen atoms in total. The summed E-state index contributed by atoms with van der Waals surface area (Å²) in [6, 6.07) is 18.8. The van der Waals surface area contributed by atoms with Crippen molar-refractivity contribution in [3.05, 3.63) is 95.6 Å². The van der Waals surface area contributed by atoms with Gasteiger partial charge >= 0.3 is 0 Å². The predicted molar refractivity (Wildman–Crippen MR) is 118 cm³/mol. The molecule has 10 heteroatoms. The molecule has 32 heavy (non-hydrogen) atoms.